The number of carbonyl (C=O) groups is 1. The molecule has 1 N–H and O–H groups in total. The zero-order valence-corrected chi connectivity index (χ0v) is 12.1. The summed E-state index contributed by atoms with van der Waals surface area (Å²) >= 11 is 5.65. The van der Waals surface area contributed by atoms with Crippen molar-refractivity contribution < 1.29 is 14.1 Å². The molecule has 0 aliphatic carbocycles. The molecule has 0 aliphatic rings. The van der Waals surface area contributed by atoms with Crippen molar-refractivity contribution in [3.05, 3.63) is 69.0 Å². The van der Waals surface area contributed by atoms with Gasteiger partial charge in [0.2, 0.25) is 0 Å². The molecular formula is C15H12ClFN2O3. The number of rotatable bonds is 6. The van der Waals surface area contributed by atoms with Gasteiger partial charge >= 0.3 is 0 Å². The number of halogens is 2. The highest BCUT2D eigenvalue weighted by molar-refractivity contribution is 6.31. The molecule has 5 nitrogen and oxygen atoms in total. The minimum absolute atomic E-state index is 0.00462. The molecule has 0 aromatic heterocycles. The number of carbonyl (C=O) groups excluding carboxylic acids is 1. The lowest BCUT2D eigenvalue weighted by Gasteiger charge is -2.07. The molecular weight excluding hydrogens is 311 g/mol. The number of non-ortho nitro benzene ring substituents is 1. The second-order valence-electron chi connectivity index (χ2n) is 4.54. The molecule has 2 rings (SSSR count). The second-order valence-corrected chi connectivity index (χ2v) is 4.94. The average Bonchev–Trinajstić information content (AvgIpc) is 2.51. The van der Waals surface area contributed by atoms with Gasteiger partial charge < -0.3 is 5.32 Å². The molecule has 0 aliphatic heterocycles. The quantitative estimate of drug-likeness (QED) is 0.494. The zero-order chi connectivity index (χ0) is 16.1. The Morgan fingerprint density at radius 1 is 1.27 bits per heavy atom. The molecule has 7 heteroatoms. The number of nitrogens with zero attached hydrogens (tertiary/aromatic N) is 1. The van der Waals surface area contributed by atoms with Crippen LogP contribution in [0.1, 0.15) is 16.8 Å². The van der Waals surface area contributed by atoms with Crippen molar-refractivity contribution >= 4 is 28.8 Å². The lowest BCUT2D eigenvalue weighted by atomic mass is 10.1. The van der Waals surface area contributed by atoms with Crippen LogP contribution < -0.4 is 5.32 Å². The van der Waals surface area contributed by atoms with E-state index in [2.05, 4.69) is 5.32 Å². The summed E-state index contributed by atoms with van der Waals surface area (Å²) in [6, 6.07) is 9.75. The summed E-state index contributed by atoms with van der Waals surface area (Å²) in [6.45, 7) is 0.309. The van der Waals surface area contributed by atoms with Crippen LogP contribution in [0.4, 0.5) is 15.8 Å². The zero-order valence-electron chi connectivity index (χ0n) is 11.4. The maximum Gasteiger partial charge on any atom is 0.270 e. The van der Waals surface area contributed by atoms with Gasteiger partial charge in [-0.15, -0.1) is 0 Å². The minimum Gasteiger partial charge on any atom is -0.385 e. The Morgan fingerprint density at radius 2 is 2.05 bits per heavy atom. The van der Waals surface area contributed by atoms with Crippen LogP contribution in [-0.4, -0.2) is 17.3 Å². The SMILES string of the molecule is O=C(CCNc1ccc(F)c(Cl)c1)c1cccc([N+](=O)[O-])c1. The Bertz CT molecular complexity index is 722. The van der Waals surface area contributed by atoms with Crippen molar-refractivity contribution in [3.63, 3.8) is 0 Å². The van der Waals surface area contributed by atoms with E-state index in [1.807, 2.05) is 0 Å². The number of hydrogen-bond donors (Lipinski definition) is 1. The van der Waals surface area contributed by atoms with Gasteiger partial charge in [0.15, 0.2) is 5.78 Å². The normalized spacial score (nSPS) is 10.3. The first-order valence-electron chi connectivity index (χ1n) is 6.44. The highest BCUT2D eigenvalue weighted by Crippen LogP contribution is 2.19. The van der Waals surface area contributed by atoms with Gasteiger partial charge in [-0.05, 0) is 18.2 Å². The molecule has 0 bridgehead atoms. The van der Waals surface area contributed by atoms with Crippen LogP contribution in [-0.2, 0) is 0 Å². The largest absolute Gasteiger partial charge is 0.385 e. The molecule has 2 aromatic rings. The Morgan fingerprint density at radius 3 is 2.73 bits per heavy atom. The summed E-state index contributed by atoms with van der Waals surface area (Å²) in [4.78, 5) is 22.1. The van der Waals surface area contributed by atoms with Gasteiger partial charge in [0.25, 0.3) is 5.69 Å². The van der Waals surface area contributed by atoms with E-state index >= 15 is 0 Å². The third kappa shape index (κ3) is 4.02. The van der Waals surface area contributed by atoms with E-state index in [1.54, 1.807) is 0 Å². The van der Waals surface area contributed by atoms with Gasteiger partial charge in [-0.2, -0.15) is 0 Å². The first-order chi connectivity index (χ1) is 10.5. The Hall–Kier alpha value is -2.47. The molecule has 114 valence electrons. The number of nitrogens with one attached hydrogen (secondary N) is 1. The van der Waals surface area contributed by atoms with E-state index < -0.39 is 10.7 Å². The standard InChI is InChI=1S/C15H12ClFN2O3/c16-13-9-11(4-5-14(13)17)18-7-6-15(20)10-2-1-3-12(8-10)19(21)22/h1-5,8-9,18H,6-7H2. The second kappa shape index (κ2) is 7.00. The lowest BCUT2D eigenvalue weighted by molar-refractivity contribution is -0.384. The molecule has 22 heavy (non-hydrogen) atoms. The van der Waals surface area contributed by atoms with Gasteiger partial charge in [-0.3, -0.25) is 14.9 Å². The molecule has 0 atom stereocenters. The topological polar surface area (TPSA) is 72.2 Å². The van der Waals surface area contributed by atoms with Crippen molar-refractivity contribution in [2.75, 3.05) is 11.9 Å². The van der Waals surface area contributed by atoms with Gasteiger partial charge in [0, 0.05) is 36.3 Å². The predicted molar refractivity (Wildman–Crippen MR) is 81.9 cm³/mol. The van der Waals surface area contributed by atoms with Crippen LogP contribution in [0.2, 0.25) is 5.02 Å². The number of hydrogen-bond acceptors (Lipinski definition) is 4. The fourth-order valence-corrected chi connectivity index (χ4v) is 2.04. The Kier molecular flexibility index (Phi) is 5.06. The summed E-state index contributed by atoms with van der Waals surface area (Å²) in [5, 5.41) is 13.6. The first-order valence-corrected chi connectivity index (χ1v) is 6.82. The summed E-state index contributed by atoms with van der Waals surface area (Å²) in [5.41, 5.74) is 0.760. The Labute approximate surface area is 130 Å². The average molecular weight is 323 g/mol. The number of ketones is 1. The molecule has 0 radical (unpaired) electrons. The van der Waals surface area contributed by atoms with Gasteiger partial charge in [-0.1, -0.05) is 23.7 Å². The first kappa shape index (κ1) is 15.9. The van der Waals surface area contributed by atoms with Crippen LogP contribution in [0.5, 0.6) is 0 Å². The van der Waals surface area contributed by atoms with Crippen LogP contribution >= 0.6 is 11.6 Å². The highest BCUT2D eigenvalue weighted by atomic mass is 35.5. The summed E-state index contributed by atoms with van der Waals surface area (Å²) in [7, 11) is 0. The van der Waals surface area contributed by atoms with Crippen LogP contribution in [0.15, 0.2) is 42.5 Å². The molecule has 0 saturated carbocycles. The van der Waals surface area contributed by atoms with Crippen LogP contribution in [0, 0.1) is 15.9 Å². The molecule has 0 amide bonds. The van der Waals surface area contributed by atoms with Crippen molar-refractivity contribution in [2.45, 2.75) is 6.42 Å². The predicted octanol–water partition coefficient (Wildman–Crippen LogP) is 4.07. The highest BCUT2D eigenvalue weighted by Gasteiger charge is 2.11. The molecule has 0 unspecified atom stereocenters. The molecule has 0 fully saturated rings. The summed E-state index contributed by atoms with van der Waals surface area (Å²) < 4.78 is 13.0. The number of benzene rings is 2. The maximum atomic E-state index is 13.0. The number of Topliss-reactive ketones (excluding diaryl/α,β-unsaturated/α-hetero) is 1. The molecule has 0 saturated heterocycles. The van der Waals surface area contributed by atoms with Crippen molar-refractivity contribution in [2.24, 2.45) is 0 Å². The number of anilines is 1. The number of nitro groups is 1. The molecule has 0 spiro atoms. The summed E-state index contributed by atoms with van der Waals surface area (Å²) in [6.07, 6.45) is 0.149. The van der Waals surface area contributed by atoms with E-state index in [-0.39, 0.29) is 28.5 Å². The third-order valence-corrected chi connectivity index (χ3v) is 3.27. The van der Waals surface area contributed by atoms with Crippen LogP contribution in [0.3, 0.4) is 0 Å². The lowest BCUT2D eigenvalue weighted by Crippen LogP contribution is -2.09. The fourth-order valence-electron chi connectivity index (χ4n) is 1.86. The smallest absolute Gasteiger partial charge is 0.270 e. The van der Waals surface area contributed by atoms with E-state index in [0.717, 1.165) is 0 Å². The van der Waals surface area contributed by atoms with Crippen molar-refractivity contribution in [1.29, 1.82) is 0 Å². The van der Waals surface area contributed by atoms with Crippen molar-refractivity contribution in [3.8, 4) is 0 Å². The molecule has 0 heterocycles. The fraction of sp³-hybridized carbons (Fsp3) is 0.133. The maximum absolute atomic E-state index is 13.0. The van der Waals surface area contributed by atoms with Gasteiger partial charge in [-0.25, -0.2) is 4.39 Å². The molecule has 2 aromatic carbocycles. The Balaban J connectivity index is 1.94. The van der Waals surface area contributed by atoms with Crippen LogP contribution in [0.25, 0.3) is 0 Å². The monoisotopic (exact) mass is 322 g/mol. The minimum atomic E-state index is -0.546. The van der Waals surface area contributed by atoms with E-state index in [4.69, 9.17) is 11.6 Å². The third-order valence-electron chi connectivity index (χ3n) is 2.98. The number of nitro benzene ring substituents is 1. The van der Waals surface area contributed by atoms with Crippen molar-refractivity contribution in [1.82, 2.24) is 0 Å². The van der Waals surface area contributed by atoms with Gasteiger partial charge in [0.1, 0.15) is 5.82 Å². The van der Waals surface area contributed by atoms with E-state index in [1.165, 1.54) is 42.5 Å². The van der Waals surface area contributed by atoms with E-state index in [0.29, 0.717) is 12.2 Å². The van der Waals surface area contributed by atoms with Gasteiger partial charge in [0.05, 0.1) is 9.95 Å². The summed E-state index contributed by atoms with van der Waals surface area (Å²) in [5.74, 6) is -0.732. The van der Waals surface area contributed by atoms with E-state index in [9.17, 15) is 19.3 Å².